The van der Waals surface area contributed by atoms with Crippen LogP contribution in [0.15, 0.2) is 36.5 Å². The van der Waals surface area contributed by atoms with Gasteiger partial charge in [-0.3, -0.25) is 19.4 Å². The molecule has 31 heavy (non-hydrogen) atoms. The quantitative estimate of drug-likeness (QED) is 0.498. The molecule has 2 aromatic rings. The molecular formula is C22H24N2O7. The molecule has 1 aromatic heterocycles. The van der Waals surface area contributed by atoms with Crippen molar-refractivity contribution in [3.8, 4) is 11.5 Å². The molecule has 1 amide bonds. The van der Waals surface area contributed by atoms with E-state index in [1.165, 1.54) is 12.3 Å². The fourth-order valence-electron chi connectivity index (χ4n) is 3.30. The van der Waals surface area contributed by atoms with Gasteiger partial charge in [0.05, 0.1) is 49.1 Å². The zero-order valence-corrected chi connectivity index (χ0v) is 17.2. The highest BCUT2D eigenvalue weighted by Gasteiger charge is 2.30. The second-order valence-electron chi connectivity index (χ2n) is 6.82. The van der Waals surface area contributed by atoms with Gasteiger partial charge in [0.1, 0.15) is 18.1 Å². The van der Waals surface area contributed by atoms with Crippen molar-refractivity contribution in [2.45, 2.75) is 19.4 Å². The summed E-state index contributed by atoms with van der Waals surface area (Å²) < 4.78 is 16.2. The third kappa shape index (κ3) is 5.37. The van der Waals surface area contributed by atoms with E-state index in [9.17, 15) is 19.5 Å². The Hall–Kier alpha value is -3.46. The molecule has 1 saturated heterocycles. The number of pyridine rings is 1. The van der Waals surface area contributed by atoms with Crippen molar-refractivity contribution < 1.29 is 33.7 Å². The van der Waals surface area contributed by atoms with Gasteiger partial charge in [-0.2, -0.15) is 0 Å². The minimum absolute atomic E-state index is 0.0427. The molecule has 1 N–H and O–H groups in total. The van der Waals surface area contributed by atoms with E-state index in [0.29, 0.717) is 30.7 Å². The molecule has 0 aliphatic carbocycles. The molecule has 1 aliphatic heterocycles. The zero-order valence-electron chi connectivity index (χ0n) is 17.2. The highest BCUT2D eigenvalue weighted by atomic mass is 16.5. The van der Waals surface area contributed by atoms with Crippen LogP contribution in [-0.2, 0) is 20.7 Å². The van der Waals surface area contributed by atoms with Crippen LogP contribution < -0.4 is 4.74 Å². The monoisotopic (exact) mass is 428 g/mol. The van der Waals surface area contributed by atoms with E-state index in [4.69, 9.17) is 14.2 Å². The Bertz CT molecular complexity index is 947. The van der Waals surface area contributed by atoms with Gasteiger partial charge in [0.15, 0.2) is 6.29 Å². The molecule has 0 radical (unpaired) electrons. The molecule has 9 heteroatoms. The largest absolute Gasteiger partial charge is 0.507 e. The summed E-state index contributed by atoms with van der Waals surface area (Å²) in [6, 6.07) is 7.35. The van der Waals surface area contributed by atoms with Gasteiger partial charge in [-0.1, -0.05) is 6.07 Å². The molecule has 0 unspecified atom stereocenters. The zero-order chi connectivity index (χ0) is 22.2. The maximum Gasteiger partial charge on any atom is 0.311 e. The second kappa shape index (κ2) is 10.5. The Kier molecular flexibility index (Phi) is 7.55. The molecule has 2 heterocycles. The lowest BCUT2D eigenvalue weighted by atomic mass is 10.1. The summed E-state index contributed by atoms with van der Waals surface area (Å²) in [5.74, 6) is -0.713. The highest BCUT2D eigenvalue weighted by Crippen LogP contribution is 2.26. The van der Waals surface area contributed by atoms with E-state index >= 15 is 0 Å². The number of carbonyl (C=O) groups excluding carboxylic acids is 3. The molecule has 164 valence electrons. The van der Waals surface area contributed by atoms with Crippen molar-refractivity contribution in [2.75, 3.05) is 33.0 Å². The third-order valence-corrected chi connectivity index (χ3v) is 4.82. The van der Waals surface area contributed by atoms with Crippen LogP contribution in [0.5, 0.6) is 11.5 Å². The minimum Gasteiger partial charge on any atom is -0.507 e. The number of hydrogen-bond acceptors (Lipinski definition) is 8. The van der Waals surface area contributed by atoms with E-state index in [1.54, 1.807) is 36.1 Å². The number of morpholine rings is 1. The standard InChI is InChI=1S/C22H24N2O7/c1-2-30-21(27)11-18-16(5-4-8-23-18)22(28)24-9-10-29-13-15(24)14-31-20-7-3-6-19(26)17(20)12-25/h3-8,12,15,26H,2,9-11,13-14H2,1H3/t15-/m0/s1. The summed E-state index contributed by atoms with van der Waals surface area (Å²) in [4.78, 5) is 42.2. The Balaban J connectivity index is 1.77. The molecule has 0 saturated carbocycles. The molecule has 9 nitrogen and oxygen atoms in total. The first-order valence-corrected chi connectivity index (χ1v) is 9.93. The number of aromatic nitrogens is 1. The number of benzene rings is 1. The second-order valence-corrected chi connectivity index (χ2v) is 6.82. The SMILES string of the molecule is CCOC(=O)Cc1ncccc1C(=O)N1CCOC[C@H]1COc1cccc(O)c1C=O. The van der Waals surface area contributed by atoms with Gasteiger partial charge in [0.2, 0.25) is 0 Å². The van der Waals surface area contributed by atoms with E-state index in [2.05, 4.69) is 4.98 Å². The first-order valence-electron chi connectivity index (χ1n) is 9.93. The minimum atomic E-state index is -0.456. The molecule has 0 spiro atoms. The predicted molar refractivity (Wildman–Crippen MR) is 109 cm³/mol. The van der Waals surface area contributed by atoms with Crippen LogP contribution in [0.3, 0.4) is 0 Å². The average Bonchev–Trinajstić information content (AvgIpc) is 2.78. The average molecular weight is 428 g/mol. The number of aromatic hydroxyl groups is 1. The van der Waals surface area contributed by atoms with Gasteiger partial charge < -0.3 is 24.2 Å². The predicted octanol–water partition coefficient (Wildman–Crippen LogP) is 1.63. The molecule has 1 aliphatic rings. The summed E-state index contributed by atoms with van der Waals surface area (Å²) in [7, 11) is 0. The Morgan fingerprint density at radius 2 is 2.16 bits per heavy atom. The summed E-state index contributed by atoms with van der Waals surface area (Å²) in [6.07, 6.45) is 1.93. The fraction of sp³-hybridized carbons (Fsp3) is 0.364. The maximum absolute atomic E-state index is 13.3. The van der Waals surface area contributed by atoms with E-state index in [1.807, 2.05) is 0 Å². The number of ether oxygens (including phenoxy) is 3. The summed E-state index contributed by atoms with van der Waals surface area (Å²) in [5.41, 5.74) is 0.697. The number of carbonyl (C=O) groups is 3. The van der Waals surface area contributed by atoms with Crippen LogP contribution in [-0.4, -0.2) is 72.2 Å². The molecule has 1 aromatic carbocycles. The number of nitrogens with zero attached hydrogens (tertiary/aromatic N) is 2. The lowest BCUT2D eigenvalue weighted by Crippen LogP contribution is -2.51. The van der Waals surface area contributed by atoms with Crippen molar-refractivity contribution >= 4 is 18.2 Å². The Morgan fingerprint density at radius 3 is 2.94 bits per heavy atom. The van der Waals surface area contributed by atoms with Crippen LogP contribution in [0.4, 0.5) is 0 Å². The van der Waals surface area contributed by atoms with Crippen LogP contribution in [0, 0.1) is 0 Å². The Morgan fingerprint density at radius 1 is 1.32 bits per heavy atom. The molecule has 1 atom stereocenters. The van der Waals surface area contributed by atoms with Gasteiger partial charge in [0, 0.05) is 12.7 Å². The van der Waals surface area contributed by atoms with Gasteiger partial charge in [0.25, 0.3) is 5.91 Å². The fourth-order valence-corrected chi connectivity index (χ4v) is 3.30. The highest BCUT2D eigenvalue weighted by molar-refractivity contribution is 5.96. The number of phenolic OH excluding ortho intramolecular Hbond substituents is 1. The van der Waals surface area contributed by atoms with E-state index in [0.717, 1.165) is 0 Å². The van der Waals surface area contributed by atoms with Gasteiger partial charge >= 0.3 is 5.97 Å². The number of hydrogen-bond donors (Lipinski definition) is 1. The Labute approximate surface area is 179 Å². The summed E-state index contributed by atoms with van der Waals surface area (Å²) in [5, 5.41) is 9.81. The first-order chi connectivity index (χ1) is 15.0. The van der Waals surface area contributed by atoms with Crippen LogP contribution in [0.1, 0.15) is 33.3 Å². The van der Waals surface area contributed by atoms with E-state index in [-0.39, 0.29) is 49.2 Å². The normalized spacial score (nSPS) is 15.9. The number of aldehydes is 1. The molecule has 3 rings (SSSR count). The maximum atomic E-state index is 13.3. The van der Waals surface area contributed by atoms with Crippen molar-refractivity contribution in [1.82, 2.24) is 9.88 Å². The van der Waals surface area contributed by atoms with Crippen molar-refractivity contribution in [3.63, 3.8) is 0 Å². The number of amides is 1. The third-order valence-electron chi connectivity index (χ3n) is 4.82. The van der Waals surface area contributed by atoms with Gasteiger partial charge in [-0.05, 0) is 31.2 Å². The van der Waals surface area contributed by atoms with E-state index < -0.39 is 12.0 Å². The van der Waals surface area contributed by atoms with Crippen molar-refractivity contribution in [2.24, 2.45) is 0 Å². The van der Waals surface area contributed by atoms with Crippen molar-refractivity contribution in [1.29, 1.82) is 0 Å². The number of rotatable bonds is 8. The smallest absolute Gasteiger partial charge is 0.311 e. The van der Waals surface area contributed by atoms with Gasteiger partial charge in [-0.15, -0.1) is 0 Å². The van der Waals surface area contributed by atoms with Gasteiger partial charge in [-0.25, -0.2) is 0 Å². The summed E-state index contributed by atoms with van der Waals surface area (Å²) in [6.45, 7) is 2.96. The lowest BCUT2D eigenvalue weighted by molar-refractivity contribution is -0.142. The lowest BCUT2D eigenvalue weighted by Gasteiger charge is -2.35. The van der Waals surface area contributed by atoms with Crippen molar-refractivity contribution in [3.05, 3.63) is 53.3 Å². The van der Waals surface area contributed by atoms with Crippen LogP contribution >= 0.6 is 0 Å². The number of phenols is 1. The molecule has 0 bridgehead atoms. The van der Waals surface area contributed by atoms with Crippen LogP contribution in [0.25, 0.3) is 0 Å². The summed E-state index contributed by atoms with van der Waals surface area (Å²) >= 11 is 0. The topological polar surface area (TPSA) is 115 Å². The molecular weight excluding hydrogens is 404 g/mol. The number of esters is 1. The molecule has 1 fully saturated rings. The first kappa shape index (κ1) is 22.2. The van der Waals surface area contributed by atoms with Crippen LogP contribution in [0.2, 0.25) is 0 Å².